The van der Waals surface area contributed by atoms with Gasteiger partial charge in [-0.25, -0.2) is 0 Å². The first-order valence-electron chi connectivity index (χ1n) is 8.27. The topological polar surface area (TPSA) is 18.5 Å². The molecule has 1 aromatic rings. The van der Waals surface area contributed by atoms with Crippen LogP contribution in [-0.4, -0.2) is 56.1 Å². The molecule has 0 saturated heterocycles. The lowest BCUT2D eigenvalue weighted by atomic mass is 9.99. The maximum absolute atomic E-state index is 3.66. The Labute approximate surface area is 131 Å². The van der Waals surface area contributed by atoms with Crippen LogP contribution in [0.25, 0.3) is 0 Å². The number of benzene rings is 1. The van der Waals surface area contributed by atoms with Crippen LogP contribution in [0.4, 0.5) is 0 Å². The Balaban J connectivity index is 2.71. The van der Waals surface area contributed by atoms with Crippen LogP contribution in [0.15, 0.2) is 30.3 Å². The van der Waals surface area contributed by atoms with E-state index in [0.29, 0.717) is 12.1 Å². The van der Waals surface area contributed by atoms with Crippen molar-refractivity contribution in [2.45, 2.75) is 39.3 Å². The molecule has 0 aliphatic carbocycles. The summed E-state index contributed by atoms with van der Waals surface area (Å²) in [4.78, 5) is 4.85. The number of nitrogens with zero attached hydrogens (tertiary/aromatic N) is 2. The van der Waals surface area contributed by atoms with Crippen LogP contribution in [0, 0.1) is 0 Å². The first-order valence-corrected chi connectivity index (χ1v) is 8.27. The van der Waals surface area contributed by atoms with Crippen molar-refractivity contribution in [2.75, 3.05) is 40.3 Å². The highest BCUT2D eigenvalue weighted by molar-refractivity contribution is 5.20. The van der Waals surface area contributed by atoms with Gasteiger partial charge in [0.25, 0.3) is 0 Å². The summed E-state index contributed by atoms with van der Waals surface area (Å²) >= 11 is 0. The number of hydrogen-bond donors (Lipinski definition) is 1. The number of likely N-dealkylation sites (N-methyl/N-ethyl adjacent to an activating group) is 2. The van der Waals surface area contributed by atoms with Gasteiger partial charge >= 0.3 is 0 Å². The summed E-state index contributed by atoms with van der Waals surface area (Å²) in [7, 11) is 4.29. The summed E-state index contributed by atoms with van der Waals surface area (Å²) in [6, 6.07) is 11.7. The van der Waals surface area contributed by atoms with Gasteiger partial charge in [0.05, 0.1) is 0 Å². The zero-order valence-electron chi connectivity index (χ0n) is 14.5. The molecule has 0 radical (unpaired) electrons. The molecule has 0 saturated carbocycles. The van der Waals surface area contributed by atoms with E-state index in [2.05, 4.69) is 80.3 Å². The molecule has 3 nitrogen and oxygen atoms in total. The highest BCUT2D eigenvalue weighted by Gasteiger charge is 2.23. The summed E-state index contributed by atoms with van der Waals surface area (Å²) in [5.41, 5.74) is 1.39. The molecule has 2 atom stereocenters. The maximum atomic E-state index is 3.66. The van der Waals surface area contributed by atoms with Crippen LogP contribution in [0.5, 0.6) is 0 Å². The highest BCUT2D eigenvalue weighted by Crippen LogP contribution is 2.21. The second kappa shape index (κ2) is 9.93. The van der Waals surface area contributed by atoms with Crippen LogP contribution in [0.2, 0.25) is 0 Å². The zero-order valence-corrected chi connectivity index (χ0v) is 14.5. The van der Waals surface area contributed by atoms with E-state index in [4.69, 9.17) is 0 Å². The quantitative estimate of drug-likeness (QED) is 0.715. The van der Waals surface area contributed by atoms with Crippen LogP contribution in [0.3, 0.4) is 0 Å². The maximum Gasteiger partial charge on any atom is 0.0475 e. The molecule has 0 heterocycles. The molecular formula is C18H33N3. The molecule has 0 bridgehead atoms. The van der Waals surface area contributed by atoms with Gasteiger partial charge in [0.1, 0.15) is 0 Å². The Hall–Kier alpha value is -0.900. The number of rotatable bonds is 10. The van der Waals surface area contributed by atoms with E-state index in [9.17, 15) is 0 Å². The van der Waals surface area contributed by atoms with Crippen LogP contribution < -0.4 is 5.32 Å². The molecule has 2 unspecified atom stereocenters. The molecule has 120 valence electrons. The highest BCUT2D eigenvalue weighted by atomic mass is 15.2. The molecule has 1 rings (SSSR count). The minimum Gasteiger partial charge on any atom is -0.309 e. The summed E-state index contributed by atoms with van der Waals surface area (Å²) in [5.74, 6) is 0. The van der Waals surface area contributed by atoms with Gasteiger partial charge in [-0.1, -0.05) is 44.2 Å². The minimum absolute atomic E-state index is 0.399. The molecular weight excluding hydrogens is 258 g/mol. The third-order valence-electron chi connectivity index (χ3n) is 4.10. The fourth-order valence-electron chi connectivity index (χ4n) is 2.90. The molecule has 3 heteroatoms. The van der Waals surface area contributed by atoms with Crippen LogP contribution in [0.1, 0.15) is 38.8 Å². The van der Waals surface area contributed by atoms with Crippen molar-refractivity contribution in [3.8, 4) is 0 Å². The largest absolute Gasteiger partial charge is 0.309 e. The second-order valence-corrected chi connectivity index (χ2v) is 5.97. The van der Waals surface area contributed by atoms with Crippen molar-refractivity contribution >= 4 is 0 Å². The SMILES string of the molecule is CCNC(c1ccccc1)C(C)N(CC)CCCN(C)C. The summed E-state index contributed by atoms with van der Waals surface area (Å²) < 4.78 is 0. The smallest absolute Gasteiger partial charge is 0.0475 e. The van der Waals surface area contributed by atoms with E-state index in [-0.39, 0.29) is 0 Å². The van der Waals surface area contributed by atoms with Gasteiger partial charge in [0.2, 0.25) is 0 Å². The van der Waals surface area contributed by atoms with Gasteiger partial charge in [0, 0.05) is 12.1 Å². The fraction of sp³-hybridized carbons (Fsp3) is 0.667. The monoisotopic (exact) mass is 291 g/mol. The second-order valence-electron chi connectivity index (χ2n) is 5.97. The van der Waals surface area contributed by atoms with E-state index in [1.165, 1.54) is 12.0 Å². The van der Waals surface area contributed by atoms with Gasteiger partial charge < -0.3 is 10.2 Å². The van der Waals surface area contributed by atoms with E-state index >= 15 is 0 Å². The van der Waals surface area contributed by atoms with Gasteiger partial charge in [-0.2, -0.15) is 0 Å². The van der Waals surface area contributed by atoms with Crippen molar-refractivity contribution in [2.24, 2.45) is 0 Å². The molecule has 1 N–H and O–H groups in total. The lowest BCUT2D eigenvalue weighted by molar-refractivity contribution is 0.170. The molecule has 0 spiro atoms. The van der Waals surface area contributed by atoms with Crippen LogP contribution in [-0.2, 0) is 0 Å². The van der Waals surface area contributed by atoms with Gasteiger partial charge in [-0.3, -0.25) is 4.90 Å². The lowest BCUT2D eigenvalue weighted by Gasteiger charge is -2.35. The number of hydrogen-bond acceptors (Lipinski definition) is 3. The Kier molecular flexibility index (Phi) is 8.58. The summed E-state index contributed by atoms with van der Waals surface area (Å²) in [5, 5.41) is 3.66. The van der Waals surface area contributed by atoms with E-state index in [1.54, 1.807) is 0 Å². The van der Waals surface area contributed by atoms with Gasteiger partial charge in [-0.05, 0) is 59.2 Å². The van der Waals surface area contributed by atoms with Crippen molar-refractivity contribution in [3.63, 3.8) is 0 Å². The average molecular weight is 291 g/mol. The minimum atomic E-state index is 0.399. The van der Waals surface area contributed by atoms with Crippen LogP contribution >= 0.6 is 0 Å². The summed E-state index contributed by atoms with van der Waals surface area (Å²) in [6.45, 7) is 11.2. The predicted molar refractivity (Wildman–Crippen MR) is 92.7 cm³/mol. The third kappa shape index (κ3) is 6.16. The van der Waals surface area contributed by atoms with E-state index in [0.717, 1.165) is 26.2 Å². The first-order chi connectivity index (χ1) is 10.1. The summed E-state index contributed by atoms with van der Waals surface area (Å²) in [6.07, 6.45) is 1.22. The van der Waals surface area contributed by atoms with Crippen molar-refractivity contribution in [1.29, 1.82) is 0 Å². The zero-order chi connectivity index (χ0) is 15.7. The van der Waals surface area contributed by atoms with Gasteiger partial charge in [0.15, 0.2) is 0 Å². The molecule has 21 heavy (non-hydrogen) atoms. The average Bonchev–Trinajstić information content (AvgIpc) is 2.49. The molecule has 0 amide bonds. The Morgan fingerprint density at radius 1 is 1.05 bits per heavy atom. The Bertz CT molecular complexity index is 364. The third-order valence-corrected chi connectivity index (χ3v) is 4.10. The van der Waals surface area contributed by atoms with E-state index < -0.39 is 0 Å². The van der Waals surface area contributed by atoms with Crippen molar-refractivity contribution < 1.29 is 0 Å². The fourth-order valence-corrected chi connectivity index (χ4v) is 2.90. The molecule has 0 fully saturated rings. The van der Waals surface area contributed by atoms with Crippen molar-refractivity contribution in [1.82, 2.24) is 15.1 Å². The predicted octanol–water partition coefficient (Wildman–Crippen LogP) is 3.00. The van der Waals surface area contributed by atoms with Crippen molar-refractivity contribution in [3.05, 3.63) is 35.9 Å². The first kappa shape index (κ1) is 18.1. The number of nitrogens with one attached hydrogen (secondary N) is 1. The lowest BCUT2D eigenvalue weighted by Crippen LogP contribution is -2.43. The Morgan fingerprint density at radius 2 is 1.71 bits per heavy atom. The molecule has 0 aromatic heterocycles. The molecule has 0 aliphatic heterocycles. The molecule has 0 aliphatic rings. The normalized spacial score (nSPS) is 14.6. The standard InChI is InChI=1S/C18H33N3/c1-6-19-18(17-12-9-8-10-13-17)16(3)21(7-2)15-11-14-20(4)5/h8-10,12-13,16,18-19H,6-7,11,14-15H2,1-5H3. The van der Waals surface area contributed by atoms with Gasteiger partial charge in [-0.15, -0.1) is 0 Å². The Morgan fingerprint density at radius 3 is 2.24 bits per heavy atom. The molecule has 1 aromatic carbocycles. The van der Waals surface area contributed by atoms with E-state index in [1.807, 2.05) is 0 Å².